The zero-order valence-electron chi connectivity index (χ0n) is 11.0. The van der Waals surface area contributed by atoms with Crippen LogP contribution in [0.25, 0.3) is 0 Å². The van der Waals surface area contributed by atoms with Crippen LogP contribution in [0.3, 0.4) is 0 Å². The molecule has 1 rings (SSSR count). The van der Waals surface area contributed by atoms with E-state index in [2.05, 4.69) is 0 Å². The molecule has 0 fully saturated rings. The molecule has 6 heteroatoms. The molecule has 0 saturated heterocycles. The van der Waals surface area contributed by atoms with Crippen LogP contribution in [0.2, 0.25) is 0 Å². The number of nitrogens with two attached hydrogens (primary N) is 1. The van der Waals surface area contributed by atoms with Gasteiger partial charge in [0.05, 0.1) is 0 Å². The van der Waals surface area contributed by atoms with E-state index < -0.39 is 15.5 Å². The van der Waals surface area contributed by atoms with Gasteiger partial charge in [0, 0.05) is 13.7 Å². The van der Waals surface area contributed by atoms with Crippen LogP contribution in [0, 0.1) is 5.92 Å². The summed E-state index contributed by atoms with van der Waals surface area (Å²) in [6.45, 7) is 0.535. The topological polar surface area (TPSA) is 89.6 Å². The SMILES string of the molecule is COCC(CCC(N)S(=O)(=O)O)Cc1ccccc1. The summed E-state index contributed by atoms with van der Waals surface area (Å²) < 4.78 is 35.7. The molecule has 0 spiro atoms. The van der Waals surface area contributed by atoms with Crippen LogP contribution in [-0.2, 0) is 21.3 Å². The minimum atomic E-state index is -4.15. The number of hydrogen-bond acceptors (Lipinski definition) is 4. The van der Waals surface area contributed by atoms with E-state index in [1.54, 1.807) is 7.11 Å². The van der Waals surface area contributed by atoms with E-state index in [9.17, 15) is 8.42 Å². The van der Waals surface area contributed by atoms with Crippen LogP contribution in [0.4, 0.5) is 0 Å². The highest BCUT2D eigenvalue weighted by atomic mass is 32.2. The van der Waals surface area contributed by atoms with E-state index >= 15 is 0 Å². The predicted molar refractivity (Wildman–Crippen MR) is 74.3 cm³/mol. The largest absolute Gasteiger partial charge is 0.384 e. The van der Waals surface area contributed by atoms with Gasteiger partial charge in [0.25, 0.3) is 10.1 Å². The summed E-state index contributed by atoms with van der Waals surface area (Å²) in [5.41, 5.74) is 6.58. The molecule has 0 amide bonds. The van der Waals surface area contributed by atoms with Gasteiger partial charge in [0.15, 0.2) is 0 Å². The predicted octanol–water partition coefficient (Wildman–Crippen LogP) is 1.44. The van der Waals surface area contributed by atoms with E-state index in [0.29, 0.717) is 13.0 Å². The van der Waals surface area contributed by atoms with E-state index in [1.807, 2.05) is 30.3 Å². The van der Waals surface area contributed by atoms with Crippen LogP contribution >= 0.6 is 0 Å². The third-order valence-electron chi connectivity index (χ3n) is 3.01. The highest BCUT2D eigenvalue weighted by Gasteiger charge is 2.20. The number of rotatable bonds is 8. The second kappa shape index (κ2) is 7.59. The monoisotopic (exact) mass is 287 g/mol. The lowest BCUT2D eigenvalue weighted by Gasteiger charge is -2.17. The van der Waals surface area contributed by atoms with Crippen molar-refractivity contribution >= 4 is 10.1 Å². The third-order valence-corrected chi connectivity index (χ3v) is 4.01. The highest BCUT2D eigenvalue weighted by molar-refractivity contribution is 7.86. The maximum Gasteiger partial charge on any atom is 0.280 e. The first kappa shape index (κ1) is 16.1. The van der Waals surface area contributed by atoms with Crippen LogP contribution in [0.1, 0.15) is 18.4 Å². The fraction of sp³-hybridized carbons (Fsp3) is 0.538. The molecule has 19 heavy (non-hydrogen) atoms. The van der Waals surface area contributed by atoms with Crippen LogP contribution in [0.5, 0.6) is 0 Å². The third kappa shape index (κ3) is 6.15. The van der Waals surface area contributed by atoms with E-state index in [-0.39, 0.29) is 12.3 Å². The second-order valence-corrected chi connectivity index (χ2v) is 6.28. The van der Waals surface area contributed by atoms with Crippen molar-refractivity contribution in [3.63, 3.8) is 0 Å². The molecule has 0 aromatic heterocycles. The zero-order valence-corrected chi connectivity index (χ0v) is 11.8. The molecule has 0 radical (unpaired) electrons. The molecule has 0 saturated carbocycles. The van der Waals surface area contributed by atoms with Crippen LogP contribution < -0.4 is 5.73 Å². The van der Waals surface area contributed by atoms with Gasteiger partial charge in [0.1, 0.15) is 5.37 Å². The summed E-state index contributed by atoms with van der Waals surface area (Å²) in [6.07, 6.45) is 1.61. The zero-order chi connectivity index (χ0) is 14.3. The maximum atomic E-state index is 10.9. The normalized spacial score (nSPS) is 15.1. The lowest BCUT2D eigenvalue weighted by atomic mass is 9.95. The molecule has 108 valence electrons. The molecule has 3 N–H and O–H groups in total. The second-order valence-electron chi connectivity index (χ2n) is 4.64. The van der Waals surface area contributed by atoms with Gasteiger partial charge >= 0.3 is 0 Å². The summed E-state index contributed by atoms with van der Waals surface area (Å²) in [4.78, 5) is 0. The first-order valence-corrected chi connectivity index (χ1v) is 7.68. The van der Waals surface area contributed by atoms with Crippen molar-refractivity contribution in [2.24, 2.45) is 11.7 Å². The van der Waals surface area contributed by atoms with E-state index in [1.165, 1.54) is 5.56 Å². The summed E-state index contributed by atoms with van der Waals surface area (Å²) in [5.74, 6) is 0.181. The lowest BCUT2D eigenvalue weighted by Crippen LogP contribution is -2.31. The van der Waals surface area contributed by atoms with Crippen LogP contribution in [-0.4, -0.2) is 32.1 Å². The van der Waals surface area contributed by atoms with E-state index in [4.69, 9.17) is 15.0 Å². The molecule has 0 bridgehead atoms. The molecule has 2 atom stereocenters. The summed E-state index contributed by atoms with van der Waals surface area (Å²) in [7, 11) is -2.54. The standard InChI is InChI=1S/C13H21NO4S/c1-18-10-12(7-8-13(14)19(15,16)17)9-11-5-3-2-4-6-11/h2-6,12-13H,7-10,14H2,1H3,(H,15,16,17). The van der Waals surface area contributed by atoms with Gasteiger partial charge in [0.2, 0.25) is 0 Å². The molecule has 2 unspecified atom stereocenters. The Morgan fingerprint density at radius 3 is 2.42 bits per heavy atom. The van der Waals surface area contributed by atoms with Crippen molar-refractivity contribution in [3.8, 4) is 0 Å². The highest BCUT2D eigenvalue weighted by Crippen LogP contribution is 2.16. The van der Waals surface area contributed by atoms with Crippen LogP contribution in [0.15, 0.2) is 30.3 Å². The van der Waals surface area contributed by atoms with Crippen molar-refractivity contribution in [1.82, 2.24) is 0 Å². The lowest BCUT2D eigenvalue weighted by molar-refractivity contribution is 0.146. The Balaban J connectivity index is 2.54. The average molecular weight is 287 g/mol. The Kier molecular flexibility index (Phi) is 6.44. The molecule has 0 aliphatic rings. The molecule has 1 aromatic carbocycles. The van der Waals surface area contributed by atoms with Gasteiger partial charge in [-0.1, -0.05) is 30.3 Å². The first-order valence-electron chi connectivity index (χ1n) is 6.18. The Labute approximate surface area is 114 Å². The number of ether oxygens (including phenoxy) is 1. The summed E-state index contributed by atoms with van der Waals surface area (Å²) in [6, 6.07) is 9.91. The molecule has 0 aliphatic carbocycles. The summed E-state index contributed by atoms with van der Waals surface area (Å²) in [5, 5.41) is -1.22. The van der Waals surface area contributed by atoms with Crippen molar-refractivity contribution in [2.45, 2.75) is 24.6 Å². The summed E-state index contributed by atoms with van der Waals surface area (Å²) >= 11 is 0. The number of benzene rings is 1. The molecule has 1 aromatic rings. The smallest absolute Gasteiger partial charge is 0.280 e. The van der Waals surface area contributed by atoms with Gasteiger partial charge < -0.3 is 10.5 Å². The van der Waals surface area contributed by atoms with Gasteiger partial charge in [-0.2, -0.15) is 8.42 Å². The fourth-order valence-corrected chi connectivity index (χ4v) is 2.41. The van der Waals surface area contributed by atoms with Gasteiger partial charge in [-0.25, -0.2) is 0 Å². The average Bonchev–Trinajstić information content (AvgIpc) is 2.36. The van der Waals surface area contributed by atoms with Crippen molar-refractivity contribution < 1.29 is 17.7 Å². The maximum absolute atomic E-state index is 10.9. The Morgan fingerprint density at radius 1 is 1.26 bits per heavy atom. The quantitative estimate of drug-likeness (QED) is 0.706. The first-order chi connectivity index (χ1) is 8.93. The van der Waals surface area contributed by atoms with Gasteiger partial charge in [-0.05, 0) is 30.7 Å². The molecular formula is C13H21NO4S. The number of methoxy groups -OCH3 is 1. The molecule has 0 heterocycles. The minimum absolute atomic E-state index is 0.181. The number of hydrogen-bond donors (Lipinski definition) is 2. The minimum Gasteiger partial charge on any atom is -0.384 e. The van der Waals surface area contributed by atoms with Crippen molar-refractivity contribution in [1.29, 1.82) is 0 Å². The van der Waals surface area contributed by atoms with E-state index in [0.717, 1.165) is 6.42 Å². The Bertz CT molecular complexity index is 461. The fourth-order valence-electron chi connectivity index (χ4n) is 1.98. The van der Waals surface area contributed by atoms with Gasteiger partial charge in [-0.15, -0.1) is 0 Å². The van der Waals surface area contributed by atoms with Crippen molar-refractivity contribution in [3.05, 3.63) is 35.9 Å². The van der Waals surface area contributed by atoms with Crippen molar-refractivity contribution in [2.75, 3.05) is 13.7 Å². The molecule has 5 nitrogen and oxygen atoms in total. The Hall–Kier alpha value is -0.950. The molecule has 0 aliphatic heterocycles. The molecular weight excluding hydrogens is 266 g/mol. The Morgan fingerprint density at radius 2 is 1.89 bits per heavy atom. The van der Waals surface area contributed by atoms with Gasteiger partial charge in [-0.3, -0.25) is 4.55 Å².